The number of carbonyl (C=O) groups excluding carboxylic acids is 1. The summed E-state index contributed by atoms with van der Waals surface area (Å²) in [4.78, 5) is 12.2. The van der Waals surface area contributed by atoms with Crippen molar-refractivity contribution in [1.82, 2.24) is 4.31 Å². The number of nitrogens with one attached hydrogen (secondary N) is 1. The third kappa shape index (κ3) is 5.60. The van der Waals surface area contributed by atoms with Crippen LogP contribution in [0, 0.1) is 5.82 Å². The van der Waals surface area contributed by atoms with Crippen LogP contribution >= 0.6 is 11.6 Å². The number of alkyl halides is 2. The van der Waals surface area contributed by atoms with E-state index in [1.54, 1.807) is 6.92 Å². The lowest BCUT2D eigenvalue weighted by Gasteiger charge is -2.35. The molecule has 2 N–H and O–H groups in total. The van der Waals surface area contributed by atoms with Crippen molar-refractivity contribution < 1.29 is 36.2 Å². The Morgan fingerprint density at radius 1 is 1.30 bits per heavy atom. The van der Waals surface area contributed by atoms with Crippen molar-refractivity contribution in [2.75, 3.05) is 25.0 Å². The highest BCUT2D eigenvalue weighted by atomic mass is 35.5. The number of sulfonamides is 1. The van der Waals surface area contributed by atoms with Gasteiger partial charge in [-0.3, -0.25) is 4.79 Å². The average Bonchev–Trinajstić information content (AvgIpc) is 2.76. The number of benzene rings is 2. The molecule has 1 atom stereocenters. The minimum Gasteiger partial charge on any atom is -0.492 e. The lowest BCUT2D eigenvalue weighted by molar-refractivity contribution is -0.136. The van der Waals surface area contributed by atoms with Gasteiger partial charge in [0.15, 0.2) is 0 Å². The van der Waals surface area contributed by atoms with Crippen molar-refractivity contribution in [1.29, 1.82) is 0 Å². The summed E-state index contributed by atoms with van der Waals surface area (Å²) < 4.78 is 73.9. The molecule has 1 heterocycles. The molecule has 1 unspecified atom stereocenters. The van der Waals surface area contributed by atoms with Crippen molar-refractivity contribution in [2.24, 2.45) is 0 Å². The lowest BCUT2D eigenvalue weighted by Crippen LogP contribution is -2.53. The summed E-state index contributed by atoms with van der Waals surface area (Å²) in [6.45, 7) is 0.443. The molecule has 1 amide bonds. The van der Waals surface area contributed by atoms with Gasteiger partial charge in [0, 0.05) is 17.8 Å². The fourth-order valence-corrected chi connectivity index (χ4v) is 5.00. The third-order valence-corrected chi connectivity index (χ3v) is 7.15. The number of piperidine rings is 1. The quantitative estimate of drug-likeness (QED) is 0.593. The number of anilines is 1. The molecule has 33 heavy (non-hydrogen) atoms. The van der Waals surface area contributed by atoms with Gasteiger partial charge >= 0.3 is 0 Å². The zero-order valence-electron chi connectivity index (χ0n) is 17.5. The van der Waals surface area contributed by atoms with Gasteiger partial charge in [-0.15, -0.1) is 0 Å². The zero-order chi connectivity index (χ0) is 24.4. The van der Waals surface area contributed by atoms with Gasteiger partial charge in [0.25, 0.3) is 11.8 Å². The molecule has 0 bridgehead atoms. The van der Waals surface area contributed by atoms with Crippen LogP contribution in [-0.4, -0.2) is 55.5 Å². The summed E-state index contributed by atoms with van der Waals surface area (Å²) in [5, 5.41) is 11.7. The number of amides is 1. The third-order valence-electron chi connectivity index (χ3n) is 4.99. The Kier molecular flexibility index (Phi) is 7.57. The lowest BCUT2D eigenvalue weighted by atomic mass is 10.1. The Balaban J connectivity index is 1.95. The second-order valence-electron chi connectivity index (χ2n) is 7.50. The van der Waals surface area contributed by atoms with Crippen LogP contribution in [0.25, 0.3) is 0 Å². The van der Waals surface area contributed by atoms with Crippen LogP contribution in [0.2, 0.25) is 5.02 Å². The van der Waals surface area contributed by atoms with Crippen LogP contribution < -0.4 is 10.1 Å². The molecule has 0 aliphatic carbocycles. The number of halogens is 4. The van der Waals surface area contributed by atoms with E-state index in [0.717, 1.165) is 12.1 Å². The molecule has 3 rings (SSSR count). The second kappa shape index (κ2) is 9.88. The summed E-state index contributed by atoms with van der Waals surface area (Å²) >= 11 is 5.71. The number of aliphatic hydroxyl groups is 1. The van der Waals surface area contributed by atoms with E-state index in [9.17, 15) is 31.5 Å². The number of aliphatic hydroxyl groups excluding tert-OH is 1. The number of hydrogen-bond acceptors (Lipinski definition) is 5. The van der Waals surface area contributed by atoms with Crippen molar-refractivity contribution >= 4 is 33.2 Å². The predicted octanol–water partition coefficient (Wildman–Crippen LogP) is 3.91. The average molecular weight is 507 g/mol. The monoisotopic (exact) mass is 506 g/mol. The molecule has 180 valence electrons. The number of hydrogen-bond donors (Lipinski definition) is 2. The van der Waals surface area contributed by atoms with E-state index in [0.29, 0.717) is 10.7 Å². The molecule has 1 aliphatic heterocycles. The van der Waals surface area contributed by atoms with E-state index in [-0.39, 0.29) is 35.2 Å². The molecule has 2 aromatic carbocycles. The highest BCUT2D eigenvalue weighted by Crippen LogP contribution is 2.34. The summed E-state index contributed by atoms with van der Waals surface area (Å²) in [5.74, 6) is -5.11. The Morgan fingerprint density at radius 3 is 2.67 bits per heavy atom. The smallest absolute Gasteiger partial charge is 0.286 e. The fourth-order valence-electron chi connectivity index (χ4n) is 3.20. The molecule has 12 heteroatoms. The maximum atomic E-state index is 14.0. The Labute approximate surface area is 194 Å². The van der Waals surface area contributed by atoms with E-state index < -0.39 is 51.6 Å². The Bertz CT molecular complexity index is 1150. The van der Waals surface area contributed by atoms with Crippen LogP contribution in [0.15, 0.2) is 41.3 Å². The molecule has 7 nitrogen and oxygen atoms in total. The summed E-state index contributed by atoms with van der Waals surface area (Å²) in [6.07, 6.45) is -1.83. The molecule has 0 radical (unpaired) electrons. The topological polar surface area (TPSA) is 95.9 Å². The van der Waals surface area contributed by atoms with Gasteiger partial charge in [0.05, 0.1) is 18.2 Å². The number of nitrogens with zero attached hydrogens (tertiary/aromatic N) is 1. The SMILES string of the molecule is CCCOc1ccc(C(=O)Nc2ccc(F)c(Cl)c2)cc1S(=O)(=O)N1CCC(O)C(F)(F)C1. The molecular formula is C21H22ClF3N2O5S. The first kappa shape index (κ1) is 25.3. The molecule has 0 aromatic heterocycles. The minimum atomic E-state index is -4.49. The number of carbonyl (C=O) groups is 1. The number of rotatable bonds is 7. The molecule has 2 aromatic rings. The molecule has 1 saturated heterocycles. The predicted molar refractivity (Wildman–Crippen MR) is 116 cm³/mol. The van der Waals surface area contributed by atoms with Gasteiger partial charge < -0.3 is 15.2 Å². The first-order chi connectivity index (χ1) is 15.5. The van der Waals surface area contributed by atoms with Crippen LogP contribution in [0.5, 0.6) is 5.75 Å². The van der Waals surface area contributed by atoms with Crippen LogP contribution in [-0.2, 0) is 10.0 Å². The van der Waals surface area contributed by atoms with E-state index in [1.165, 1.54) is 24.3 Å². The standard InChI is InChI=1S/C21H22ClF3N2O5S/c1-2-9-32-17-6-3-13(20(29)26-14-4-5-16(23)15(22)11-14)10-18(17)33(30,31)27-8-7-19(28)21(24,25)12-27/h3-6,10-11,19,28H,2,7-9,12H2,1H3,(H,26,29). The highest BCUT2D eigenvalue weighted by molar-refractivity contribution is 7.89. The van der Waals surface area contributed by atoms with Gasteiger partial charge in [-0.1, -0.05) is 18.5 Å². The number of ether oxygens (including phenoxy) is 1. The van der Waals surface area contributed by atoms with Gasteiger partial charge in [-0.25, -0.2) is 21.6 Å². The second-order valence-corrected chi connectivity index (χ2v) is 9.81. The molecular weight excluding hydrogens is 485 g/mol. The molecule has 1 aliphatic rings. The van der Waals surface area contributed by atoms with Crippen molar-refractivity contribution in [3.05, 3.63) is 52.8 Å². The Hall–Kier alpha value is -2.34. The maximum absolute atomic E-state index is 14.0. The van der Waals surface area contributed by atoms with E-state index in [2.05, 4.69) is 5.32 Å². The summed E-state index contributed by atoms with van der Waals surface area (Å²) in [6, 6.07) is 7.14. The largest absolute Gasteiger partial charge is 0.492 e. The first-order valence-corrected chi connectivity index (χ1v) is 11.9. The van der Waals surface area contributed by atoms with Crippen molar-refractivity contribution in [3.63, 3.8) is 0 Å². The summed E-state index contributed by atoms with van der Waals surface area (Å²) in [7, 11) is -4.49. The van der Waals surface area contributed by atoms with Gasteiger partial charge in [0.1, 0.15) is 22.6 Å². The molecule has 0 spiro atoms. The molecule has 1 fully saturated rings. The van der Waals surface area contributed by atoms with Crippen LogP contribution in [0.3, 0.4) is 0 Å². The fraction of sp³-hybridized carbons (Fsp3) is 0.381. The van der Waals surface area contributed by atoms with Crippen molar-refractivity contribution in [2.45, 2.75) is 36.7 Å². The van der Waals surface area contributed by atoms with Gasteiger partial charge in [-0.05, 0) is 49.2 Å². The summed E-state index contributed by atoms with van der Waals surface area (Å²) in [5.41, 5.74) is 0.0773. The van der Waals surface area contributed by atoms with Crippen LogP contribution in [0.1, 0.15) is 30.1 Å². The minimum absolute atomic E-state index is 0.0901. The van der Waals surface area contributed by atoms with E-state index >= 15 is 0 Å². The Morgan fingerprint density at radius 2 is 2.03 bits per heavy atom. The van der Waals surface area contributed by atoms with Crippen molar-refractivity contribution in [3.8, 4) is 5.75 Å². The van der Waals surface area contributed by atoms with E-state index in [4.69, 9.17) is 16.3 Å². The normalized spacial score (nSPS) is 18.7. The zero-order valence-corrected chi connectivity index (χ0v) is 19.1. The molecule has 0 saturated carbocycles. The first-order valence-electron chi connectivity index (χ1n) is 10.0. The van der Waals surface area contributed by atoms with Gasteiger partial charge in [0.2, 0.25) is 10.0 Å². The maximum Gasteiger partial charge on any atom is 0.286 e. The van der Waals surface area contributed by atoms with E-state index in [1.807, 2.05) is 0 Å². The highest BCUT2D eigenvalue weighted by Gasteiger charge is 2.47. The van der Waals surface area contributed by atoms with Crippen LogP contribution in [0.4, 0.5) is 18.9 Å². The van der Waals surface area contributed by atoms with Gasteiger partial charge in [-0.2, -0.15) is 4.31 Å².